The Bertz CT molecular complexity index is 350. The van der Waals surface area contributed by atoms with E-state index in [0.29, 0.717) is 16.4 Å². The number of thiazole rings is 1. The largest absolute Gasteiger partial charge is 0.393 e. The molecule has 1 heterocycles. The van der Waals surface area contributed by atoms with Crippen molar-refractivity contribution in [1.29, 1.82) is 0 Å². The molecule has 0 fully saturated rings. The summed E-state index contributed by atoms with van der Waals surface area (Å²) in [5, 5.41) is 0. The molecule has 0 spiro atoms. The summed E-state index contributed by atoms with van der Waals surface area (Å²) in [4.78, 5) is 18.3. The molecule has 1 rings (SSSR count). The first kappa shape index (κ1) is 12.1. The molecule has 0 radical (unpaired) electrons. The minimum Gasteiger partial charge on any atom is -0.393 e. The third-order valence-electron chi connectivity index (χ3n) is 2.02. The standard InChI is InChI=1S/C9H13N3OS2/c1-6(8(10)14)4-12(2)9(13)7-3-11-5-15-7/h3,5-6H,4H2,1-2H3,(H2,10,14). The molecule has 0 aliphatic heterocycles. The lowest BCUT2D eigenvalue weighted by molar-refractivity contribution is 0.0791. The molecule has 0 saturated heterocycles. The second-order valence-corrected chi connectivity index (χ2v) is 4.71. The third kappa shape index (κ3) is 3.24. The summed E-state index contributed by atoms with van der Waals surface area (Å²) in [6.45, 7) is 2.44. The topological polar surface area (TPSA) is 59.2 Å². The van der Waals surface area contributed by atoms with Gasteiger partial charge in [-0.05, 0) is 0 Å². The molecule has 1 amide bonds. The van der Waals surface area contributed by atoms with Crippen LogP contribution in [0.15, 0.2) is 11.7 Å². The molecule has 1 atom stereocenters. The number of carbonyl (C=O) groups excluding carboxylic acids is 1. The summed E-state index contributed by atoms with van der Waals surface area (Å²) in [6, 6.07) is 0. The Morgan fingerprint density at radius 1 is 1.80 bits per heavy atom. The number of carbonyl (C=O) groups is 1. The zero-order valence-corrected chi connectivity index (χ0v) is 10.3. The van der Waals surface area contributed by atoms with Gasteiger partial charge < -0.3 is 10.6 Å². The lowest BCUT2D eigenvalue weighted by Crippen LogP contribution is -2.35. The number of hydrogen-bond acceptors (Lipinski definition) is 4. The van der Waals surface area contributed by atoms with Gasteiger partial charge in [-0.1, -0.05) is 19.1 Å². The van der Waals surface area contributed by atoms with Gasteiger partial charge in [-0.25, -0.2) is 0 Å². The highest BCUT2D eigenvalue weighted by molar-refractivity contribution is 7.80. The first-order chi connectivity index (χ1) is 7.02. The Morgan fingerprint density at radius 2 is 2.47 bits per heavy atom. The van der Waals surface area contributed by atoms with Crippen molar-refractivity contribution in [2.75, 3.05) is 13.6 Å². The molecular formula is C9H13N3OS2. The monoisotopic (exact) mass is 243 g/mol. The summed E-state index contributed by atoms with van der Waals surface area (Å²) < 4.78 is 0. The van der Waals surface area contributed by atoms with Gasteiger partial charge in [0.1, 0.15) is 4.88 Å². The zero-order chi connectivity index (χ0) is 11.4. The SMILES string of the molecule is CC(CN(C)C(=O)c1cncs1)C(N)=S. The van der Waals surface area contributed by atoms with Crippen LogP contribution in [0.1, 0.15) is 16.6 Å². The predicted octanol–water partition coefficient (Wildman–Crippen LogP) is 1.14. The van der Waals surface area contributed by atoms with Gasteiger partial charge in [0.05, 0.1) is 16.7 Å². The van der Waals surface area contributed by atoms with Gasteiger partial charge in [-0.15, -0.1) is 11.3 Å². The van der Waals surface area contributed by atoms with Gasteiger partial charge in [0.15, 0.2) is 0 Å². The Morgan fingerprint density at radius 3 is 2.93 bits per heavy atom. The van der Waals surface area contributed by atoms with Crippen molar-refractivity contribution in [1.82, 2.24) is 9.88 Å². The quantitative estimate of drug-likeness (QED) is 0.806. The fourth-order valence-corrected chi connectivity index (χ4v) is 1.78. The van der Waals surface area contributed by atoms with E-state index in [9.17, 15) is 4.79 Å². The van der Waals surface area contributed by atoms with Gasteiger partial charge in [-0.2, -0.15) is 0 Å². The van der Waals surface area contributed by atoms with E-state index in [0.717, 1.165) is 0 Å². The Balaban J connectivity index is 2.58. The summed E-state index contributed by atoms with van der Waals surface area (Å²) >= 11 is 6.18. The van der Waals surface area contributed by atoms with Crippen LogP contribution in [0.3, 0.4) is 0 Å². The van der Waals surface area contributed by atoms with Crippen LogP contribution >= 0.6 is 23.6 Å². The molecule has 1 aromatic rings. The number of amides is 1. The molecule has 0 bridgehead atoms. The lowest BCUT2D eigenvalue weighted by atomic mass is 10.2. The maximum Gasteiger partial charge on any atom is 0.265 e. The van der Waals surface area contributed by atoms with E-state index < -0.39 is 0 Å². The highest BCUT2D eigenvalue weighted by Gasteiger charge is 2.16. The van der Waals surface area contributed by atoms with Crippen molar-refractivity contribution >= 4 is 34.5 Å². The molecule has 4 nitrogen and oxygen atoms in total. The molecule has 1 unspecified atom stereocenters. The fourth-order valence-electron chi connectivity index (χ4n) is 1.09. The van der Waals surface area contributed by atoms with Gasteiger partial charge >= 0.3 is 0 Å². The molecule has 2 N–H and O–H groups in total. The van der Waals surface area contributed by atoms with Crippen molar-refractivity contribution in [2.24, 2.45) is 11.7 Å². The zero-order valence-electron chi connectivity index (χ0n) is 8.64. The number of nitrogens with zero attached hydrogens (tertiary/aromatic N) is 2. The van der Waals surface area contributed by atoms with Crippen molar-refractivity contribution in [2.45, 2.75) is 6.92 Å². The average molecular weight is 243 g/mol. The van der Waals surface area contributed by atoms with E-state index in [4.69, 9.17) is 18.0 Å². The third-order valence-corrected chi connectivity index (χ3v) is 3.19. The van der Waals surface area contributed by atoms with Crippen LogP contribution in [-0.4, -0.2) is 34.4 Å². The summed E-state index contributed by atoms with van der Waals surface area (Å²) in [5.74, 6) is -0.0116. The van der Waals surface area contributed by atoms with Crippen LogP contribution in [0.25, 0.3) is 0 Å². The summed E-state index contributed by atoms with van der Waals surface area (Å²) in [7, 11) is 1.73. The van der Waals surface area contributed by atoms with Gasteiger partial charge in [0.2, 0.25) is 0 Å². The molecule has 0 aliphatic carbocycles. The van der Waals surface area contributed by atoms with Gasteiger partial charge in [0.25, 0.3) is 5.91 Å². The van der Waals surface area contributed by atoms with Crippen LogP contribution in [0.4, 0.5) is 0 Å². The molecule has 82 valence electrons. The number of aromatic nitrogens is 1. The van der Waals surface area contributed by atoms with Gasteiger partial charge in [0, 0.05) is 19.5 Å². The number of rotatable bonds is 4. The highest BCUT2D eigenvalue weighted by Crippen LogP contribution is 2.10. The van der Waals surface area contributed by atoms with Crippen molar-refractivity contribution in [3.63, 3.8) is 0 Å². The molecule has 0 aliphatic rings. The van der Waals surface area contributed by atoms with Crippen molar-refractivity contribution in [3.8, 4) is 0 Å². The minimum absolute atomic E-state index is 0.0295. The van der Waals surface area contributed by atoms with Crippen LogP contribution in [0, 0.1) is 5.92 Å². The lowest BCUT2D eigenvalue weighted by Gasteiger charge is -2.19. The molecule has 6 heteroatoms. The number of nitrogens with two attached hydrogens (primary N) is 1. The van der Waals surface area contributed by atoms with Crippen LogP contribution in [0.5, 0.6) is 0 Å². The van der Waals surface area contributed by atoms with Crippen LogP contribution in [0.2, 0.25) is 0 Å². The Hall–Kier alpha value is -1.01. The maximum atomic E-state index is 11.8. The Kier molecular flexibility index (Phi) is 4.16. The molecule has 15 heavy (non-hydrogen) atoms. The van der Waals surface area contributed by atoms with E-state index in [1.54, 1.807) is 23.7 Å². The number of thiocarbonyl (C=S) groups is 1. The van der Waals surface area contributed by atoms with E-state index in [2.05, 4.69) is 4.98 Å². The second kappa shape index (κ2) is 5.18. The first-order valence-corrected chi connectivity index (χ1v) is 5.74. The van der Waals surface area contributed by atoms with Crippen molar-refractivity contribution < 1.29 is 4.79 Å². The molecule has 0 saturated carbocycles. The highest BCUT2D eigenvalue weighted by atomic mass is 32.1. The summed E-state index contributed by atoms with van der Waals surface area (Å²) in [5.41, 5.74) is 7.12. The molecule has 1 aromatic heterocycles. The van der Waals surface area contributed by atoms with Crippen LogP contribution in [-0.2, 0) is 0 Å². The maximum absolute atomic E-state index is 11.8. The summed E-state index contributed by atoms with van der Waals surface area (Å²) in [6.07, 6.45) is 1.56. The average Bonchev–Trinajstić information content (AvgIpc) is 2.68. The Labute approximate surface area is 98.1 Å². The molecular weight excluding hydrogens is 230 g/mol. The fraction of sp³-hybridized carbons (Fsp3) is 0.444. The van der Waals surface area contributed by atoms with E-state index in [1.165, 1.54) is 11.3 Å². The van der Waals surface area contributed by atoms with Gasteiger partial charge in [-0.3, -0.25) is 9.78 Å². The van der Waals surface area contributed by atoms with E-state index in [1.807, 2.05) is 6.92 Å². The molecule has 0 aromatic carbocycles. The minimum atomic E-state index is -0.0411. The van der Waals surface area contributed by atoms with E-state index >= 15 is 0 Å². The van der Waals surface area contributed by atoms with E-state index in [-0.39, 0.29) is 11.8 Å². The first-order valence-electron chi connectivity index (χ1n) is 4.45. The van der Waals surface area contributed by atoms with Crippen molar-refractivity contribution in [3.05, 3.63) is 16.6 Å². The second-order valence-electron chi connectivity index (χ2n) is 3.35. The normalized spacial score (nSPS) is 12.1. The smallest absolute Gasteiger partial charge is 0.265 e. The predicted molar refractivity (Wildman–Crippen MR) is 65.0 cm³/mol. The van der Waals surface area contributed by atoms with Crippen LogP contribution < -0.4 is 5.73 Å². The number of hydrogen-bond donors (Lipinski definition) is 1.